The molecule has 0 saturated heterocycles. The highest BCUT2D eigenvalue weighted by Crippen LogP contribution is 2.02. The molecule has 2 nitrogen and oxygen atoms in total. The fraction of sp³-hybridized carbons (Fsp3) is 0.250. The lowest BCUT2D eigenvalue weighted by molar-refractivity contribution is 0.561. The summed E-state index contributed by atoms with van der Waals surface area (Å²) >= 11 is 11.0. The first-order valence-corrected chi connectivity index (χ1v) is 4.31. The monoisotopic (exact) mass is 205 g/mol. The van der Waals surface area contributed by atoms with Gasteiger partial charge in [0.25, 0.3) is 0 Å². The zero-order valence-electron chi connectivity index (χ0n) is 6.39. The molecule has 12 heavy (non-hydrogen) atoms. The Balaban J connectivity index is 2.19. The molecule has 0 aromatic carbocycles. The molecule has 1 heterocycles. The lowest BCUT2D eigenvalue weighted by Crippen LogP contribution is -2.14. The zero-order valence-corrected chi connectivity index (χ0v) is 7.90. The average Bonchev–Trinajstić information content (AvgIpc) is 2.57. The minimum Gasteiger partial charge on any atom is -0.472 e. The molecule has 0 amide bonds. The van der Waals surface area contributed by atoms with Gasteiger partial charge in [-0.25, -0.2) is 0 Å². The van der Waals surface area contributed by atoms with Gasteiger partial charge in [0.2, 0.25) is 0 Å². The Kier molecular flexibility index (Phi) is 4.22. The first-order valence-electron chi connectivity index (χ1n) is 3.49. The van der Waals surface area contributed by atoms with Crippen molar-refractivity contribution in [3.8, 4) is 0 Å². The van der Waals surface area contributed by atoms with Crippen molar-refractivity contribution in [2.45, 2.75) is 6.54 Å². The lowest BCUT2D eigenvalue weighted by Gasteiger charge is -1.99. The third kappa shape index (κ3) is 3.30. The molecule has 0 atom stereocenters. The Morgan fingerprint density at radius 1 is 1.67 bits per heavy atom. The summed E-state index contributed by atoms with van der Waals surface area (Å²) < 4.78 is 4.88. The van der Waals surface area contributed by atoms with Gasteiger partial charge >= 0.3 is 0 Å². The van der Waals surface area contributed by atoms with E-state index in [0.29, 0.717) is 11.6 Å². The highest BCUT2D eigenvalue weighted by molar-refractivity contribution is 6.36. The van der Waals surface area contributed by atoms with Crippen molar-refractivity contribution in [3.05, 3.63) is 34.7 Å². The van der Waals surface area contributed by atoms with E-state index in [9.17, 15) is 0 Å². The Hall–Kier alpha value is -0.440. The summed E-state index contributed by atoms with van der Waals surface area (Å²) in [6, 6.07) is 1.89. The van der Waals surface area contributed by atoms with Crippen LogP contribution in [0.4, 0.5) is 0 Å². The molecule has 0 radical (unpaired) electrons. The SMILES string of the molecule is Cl/C=C(/Cl)CNCc1ccoc1. The molecule has 0 aliphatic rings. The highest BCUT2D eigenvalue weighted by Gasteiger charge is 1.94. The van der Waals surface area contributed by atoms with Gasteiger partial charge in [-0.15, -0.1) is 0 Å². The predicted molar refractivity (Wildman–Crippen MR) is 50.2 cm³/mol. The van der Waals surface area contributed by atoms with Gasteiger partial charge in [0.15, 0.2) is 0 Å². The number of rotatable bonds is 4. The van der Waals surface area contributed by atoms with Gasteiger partial charge in [-0.1, -0.05) is 23.2 Å². The molecule has 0 saturated carbocycles. The number of nitrogens with one attached hydrogen (secondary N) is 1. The van der Waals surface area contributed by atoms with Crippen LogP contribution in [0.5, 0.6) is 0 Å². The molecule has 0 spiro atoms. The molecule has 0 unspecified atom stereocenters. The van der Waals surface area contributed by atoms with Gasteiger partial charge < -0.3 is 9.73 Å². The molecule has 1 aromatic heterocycles. The Morgan fingerprint density at radius 2 is 2.50 bits per heavy atom. The van der Waals surface area contributed by atoms with Gasteiger partial charge in [0.1, 0.15) is 0 Å². The Bertz CT molecular complexity index is 244. The van der Waals surface area contributed by atoms with E-state index in [0.717, 1.165) is 12.1 Å². The number of furan rings is 1. The van der Waals surface area contributed by atoms with Gasteiger partial charge in [0.05, 0.1) is 12.5 Å². The van der Waals surface area contributed by atoms with Crippen LogP contribution >= 0.6 is 23.2 Å². The second-order valence-corrected chi connectivity index (χ2v) is 2.99. The largest absolute Gasteiger partial charge is 0.472 e. The maximum Gasteiger partial charge on any atom is 0.0947 e. The summed E-state index contributed by atoms with van der Waals surface area (Å²) in [5.74, 6) is 0. The van der Waals surface area contributed by atoms with Crippen LogP contribution in [-0.4, -0.2) is 6.54 Å². The minimum atomic E-state index is 0.580. The second-order valence-electron chi connectivity index (χ2n) is 2.29. The van der Waals surface area contributed by atoms with Crippen LogP contribution in [-0.2, 0) is 6.54 Å². The molecule has 1 aromatic rings. The van der Waals surface area contributed by atoms with E-state index in [-0.39, 0.29) is 0 Å². The van der Waals surface area contributed by atoms with Crippen LogP contribution in [0.2, 0.25) is 0 Å². The molecular formula is C8H9Cl2NO. The summed E-state index contributed by atoms with van der Waals surface area (Å²) in [4.78, 5) is 0. The van der Waals surface area contributed by atoms with E-state index in [1.165, 1.54) is 5.54 Å². The fourth-order valence-corrected chi connectivity index (χ4v) is 0.930. The number of hydrogen-bond donors (Lipinski definition) is 1. The highest BCUT2D eigenvalue weighted by atomic mass is 35.5. The van der Waals surface area contributed by atoms with Crippen LogP contribution in [0.15, 0.2) is 33.6 Å². The van der Waals surface area contributed by atoms with E-state index in [1.807, 2.05) is 6.07 Å². The summed E-state index contributed by atoms with van der Waals surface area (Å²) in [5, 5.41) is 3.69. The van der Waals surface area contributed by atoms with E-state index >= 15 is 0 Å². The molecule has 66 valence electrons. The predicted octanol–water partition coefficient (Wildman–Crippen LogP) is 2.69. The van der Waals surface area contributed by atoms with Crippen molar-refractivity contribution < 1.29 is 4.42 Å². The second kappa shape index (κ2) is 5.25. The van der Waals surface area contributed by atoms with Gasteiger partial charge in [-0.2, -0.15) is 0 Å². The molecule has 0 fully saturated rings. The summed E-state index contributed by atoms with van der Waals surface area (Å²) in [7, 11) is 0. The van der Waals surface area contributed by atoms with E-state index in [2.05, 4.69) is 5.32 Å². The third-order valence-electron chi connectivity index (χ3n) is 1.32. The molecule has 0 bridgehead atoms. The third-order valence-corrected chi connectivity index (χ3v) is 1.94. The van der Waals surface area contributed by atoms with Crippen LogP contribution in [0.3, 0.4) is 0 Å². The van der Waals surface area contributed by atoms with Gasteiger partial charge in [-0.3, -0.25) is 0 Å². The molecule has 1 N–H and O–H groups in total. The average molecular weight is 206 g/mol. The van der Waals surface area contributed by atoms with Gasteiger partial charge in [-0.05, 0) is 6.07 Å². The maximum absolute atomic E-state index is 5.65. The molecular weight excluding hydrogens is 197 g/mol. The normalized spacial score (nSPS) is 12.0. The standard InChI is InChI=1S/C8H9Cl2NO/c9-3-8(10)5-11-4-7-1-2-12-6-7/h1-3,6,11H,4-5H2/b8-3+. The van der Waals surface area contributed by atoms with Crippen molar-refractivity contribution >= 4 is 23.2 Å². The zero-order chi connectivity index (χ0) is 8.81. The van der Waals surface area contributed by atoms with Crippen molar-refractivity contribution in [1.82, 2.24) is 5.32 Å². The maximum atomic E-state index is 5.65. The lowest BCUT2D eigenvalue weighted by atomic mass is 10.3. The van der Waals surface area contributed by atoms with Crippen LogP contribution in [0.25, 0.3) is 0 Å². The first-order chi connectivity index (χ1) is 5.83. The molecule has 4 heteroatoms. The number of halogens is 2. The fourth-order valence-electron chi connectivity index (χ4n) is 0.758. The van der Waals surface area contributed by atoms with Gasteiger partial charge in [0, 0.05) is 29.2 Å². The molecule has 0 aliphatic carbocycles. The summed E-state index contributed by atoms with van der Waals surface area (Å²) in [5.41, 5.74) is 2.44. The molecule has 1 rings (SSSR count). The summed E-state index contributed by atoms with van der Waals surface area (Å²) in [6.45, 7) is 1.31. The van der Waals surface area contributed by atoms with Crippen LogP contribution in [0, 0.1) is 0 Å². The topological polar surface area (TPSA) is 25.2 Å². The van der Waals surface area contributed by atoms with E-state index in [1.54, 1.807) is 12.5 Å². The first kappa shape index (κ1) is 9.65. The Labute approximate surface area is 81.2 Å². The molecule has 0 aliphatic heterocycles. The number of hydrogen-bond acceptors (Lipinski definition) is 2. The Morgan fingerprint density at radius 3 is 3.08 bits per heavy atom. The van der Waals surface area contributed by atoms with Crippen LogP contribution < -0.4 is 5.32 Å². The van der Waals surface area contributed by atoms with Crippen molar-refractivity contribution in [3.63, 3.8) is 0 Å². The van der Waals surface area contributed by atoms with E-state index in [4.69, 9.17) is 27.6 Å². The smallest absolute Gasteiger partial charge is 0.0947 e. The summed E-state index contributed by atoms with van der Waals surface area (Å²) in [6.07, 6.45) is 3.32. The quantitative estimate of drug-likeness (QED) is 0.819. The van der Waals surface area contributed by atoms with Crippen molar-refractivity contribution in [2.75, 3.05) is 6.54 Å². The van der Waals surface area contributed by atoms with Crippen molar-refractivity contribution in [2.24, 2.45) is 0 Å². The van der Waals surface area contributed by atoms with Crippen molar-refractivity contribution in [1.29, 1.82) is 0 Å². The minimum absolute atomic E-state index is 0.580. The van der Waals surface area contributed by atoms with Crippen LogP contribution in [0.1, 0.15) is 5.56 Å². The van der Waals surface area contributed by atoms with E-state index < -0.39 is 0 Å².